The summed E-state index contributed by atoms with van der Waals surface area (Å²) in [6.45, 7) is 15.3. The van der Waals surface area contributed by atoms with E-state index >= 15 is 0 Å². The van der Waals surface area contributed by atoms with Crippen LogP contribution in [0, 0.1) is 5.92 Å². The Hall–Kier alpha value is -0.380. The lowest BCUT2D eigenvalue weighted by atomic mass is 10.0. The summed E-state index contributed by atoms with van der Waals surface area (Å²) < 4.78 is 0. The van der Waals surface area contributed by atoms with Crippen LogP contribution in [-0.2, 0) is 0 Å². The largest absolute Gasteiger partial charge is 0.395 e. The summed E-state index contributed by atoms with van der Waals surface area (Å²) in [5, 5.41) is 12.5. The number of aliphatic hydroxyl groups excluding tert-OH is 1. The molecule has 0 saturated heterocycles. The van der Waals surface area contributed by atoms with Gasteiger partial charge in [-0.1, -0.05) is 26.8 Å². The first-order valence-electron chi connectivity index (χ1n) is 6.22. The first kappa shape index (κ1) is 15.6. The van der Waals surface area contributed by atoms with Gasteiger partial charge in [0.2, 0.25) is 0 Å². The van der Waals surface area contributed by atoms with E-state index in [0.29, 0.717) is 18.0 Å². The molecule has 0 saturated carbocycles. The van der Waals surface area contributed by atoms with Crippen molar-refractivity contribution >= 4 is 0 Å². The third-order valence-electron chi connectivity index (χ3n) is 3.00. The van der Waals surface area contributed by atoms with Gasteiger partial charge < -0.3 is 10.4 Å². The standard InChI is InChI=1S/C13H28N2O/c1-6-7-15(8-9-16)13(5)12(4)10-14-11(2)3/h6,11-14,16H,1,7-10H2,2-5H3. The summed E-state index contributed by atoms with van der Waals surface area (Å²) in [6.07, 6.45) is 1.90. The molecule has 0 aliphatic carbocycles. The van der Waals surface area contributed by atoms with Gasteiger partial charge in [0, 0.05) is 25.2 Å². The summed E-state index contributed by atoms with van der Waals surface area (Å²) in [5.41, 5.74) is 0. The van der Waals surface area contributed by atoms with E-state index < -0.39 is 0 Å². The van der Waals surface area contributed by atoms with E-state index in [-0.39, 0.29) is 6.61 Å². The highest BCUT2D eigenvalue weighted by atomic mass is 16.3. The lowest BCUT2D eigenvalue weighted by Gasteiger charge is -2.32. The molecular weight excluding hydrogens is 200 g/mol. The molecule has 2 atom stereocenters. The first-order chi connectivity index (χ1) is 7.52. The second-order valence-electron chi connectivity index (χ2n) is 4.79. The molecule has 0 aromatic carbocycles. The third-order valence-corrected chi connectivity index (χ3v) is 3.00. The van der Waals surface area contributed by atoms with Gasteiger partial charge >= 0.3 is 0 Å². The number of hydrogen-bond acceptors (Lipinski definition) is 3. The minimum absolute atomic E-state index is 0.211. The fourth-order valence-electron chi connectivity index (χ4n) is 1.71. The molecule has 0 aliphatic rings. The van der Waals surface area contributed by atoms with Crippen LogP contribution < -0.4 is 5.32 Å². The summed E-state index contributed by atoms with van der Waals surface area (Å²) in [6, 6.07) is 0.983. The van der Waals surface area contributed by atoms with Crippen LogP contribution in [0.5, 0.6) is 0 Å². The van der Waals surface area contributed by atoms with Crippen LogP contribution in [0.1, 0.15) is 27.7 Å². The Bertz CT molecular complexity index is 183. The highest BCUT2D eigenvalue weighted by molar-refractivity contribution is 4.81. The fourth-order valence-corrected chi connectivity index (χ4v) is 1.71. The molecule has 96 valence electrons. The molecule has 3 nitrogen and oxygen atoms in total. The summed E-state index contributed by atoms with van der Waals surface area (Å²) >= 11 is 0. The third kappa shape index (κ3) is 6.26. The fraction of sp³-hybridized carbons (Fsp3) is 0.846. The maximum Gasteiger partial charge on any atom is 0.0558 e. The molecule has 0 spiro atoms. The van der Waals surface area contributed by atoms with Crippen molar-refractivity contribution in [2.45, 2.75) is 39.8 Å². The van der Waals surface area contributed by atoms with E-state index in [1.807, 2.05) is 6.08 Å². The molecule has 0 aliphatic heterocycles. The van der Waals surface area contributed by atoms with Crippen molar-refractivity contribution in [1.29, 1.82) is 0 Å². The van der Waals surface area contributed by atoms with Crippen LogP contribution in [0.25, 0.3) is 0 Å². The van der Waals surface area contributed by atoms with E-state index in [1.54, 1.807) is 0 Å². The first-order valence-corrected chi connectivity index (χ1v) is 6.22. The Balaban J connectivity index is 4.12. The van der Waals surface area contributed by atoms with Crippen molar-refractivity contribution in [2.24, 2.45) is 5.92 Å². The van der Waals surface area contributed by atoms with Gasteiger partial charge in [-0.2, -0.15) is 0 Å². The highest BCUT2D eigenvalue weighted by Gasteiger charge is 2.18. The average molecular weight is 228 g/mol. The van der Waals surface area contributed by atoms with Gasteiger partial charge in [-0.05, 0) is 19.4 Å². The molecule has 0 aromatic rings. The Kier molecular flexibility index (Phi) is 8.53. The topological polar surface area (TPSA) is 35.5 Å². The van der Waals surface area contributed by atoms with E-state index in [9.17, 15) is 0 Å². The summed E-state index contributed by atoms with van der Waals surface area (Å²) in [7, 11) is 0. The van der Waals surface area contributed by atoms with E-state index in [4.69, 9.17) is 5.11 Å². The van der Waals surface area contributed by atoms with Gasteiger partial charge in [0.05, 0.1) is 6.61 Å². The summed E-state index contributed by atoms with van der Waals surface area (Å²) in [4.78, 5) is 2.26. The van der Waals surface area contributed by atoms with Crippen LogP contribution in [0.2, 0.25) is 0 Å². The van der Waals surface area contributed by atoms with Crippen molar-refractivity contribution in [2.75, 3.05) is 26.2 Å². The molecule has 0 bridgehead atoms. The Morgan fingerprint density at radius 3 is 2.38 bits per heavy atom. The smallest absolute Gasteiger partial charge is 0.0558 e. The molecule has 0 amide bonds. The van der Waals surface area contributed by atoms with Crippen LogP contribution in [0.15, 0.2) is 12.7 Å². The minimum Gasteiger partial charge on any atom is -0.395 e. The summed E-state index contributed by atoms with van der Waals surface area (Å²) in [5.74, 6) is 0.564. The molecule has 0 aromatic heterocycles. The zero-order valence-electron chi connectivity index (χ0n) is 11.2. The maximum atomic E-state index is 9.02. The number of rotatable bonds is 9. The maximum absolute atomic E-state index is 9.02. The molecule has 0 rings (SSSR count). The molecule has 2 N–H and O–H groups in total. The Morgan fingerprint density at radius 2 is 1.94 bits per heavy atom. The SMILES string of the molecule is C=CCN(CCO)C(C)C(C)CNC(C)C. The molecule has 0 radical (unpaired) electrons. The quantitative estimate of drug-likeness (QED) is 0.587. The van der Waals surface area contributed by atoms with Crippen molar-refractivity contribution in [3.8, 4) is 0 Å². The van der Waals surface area contributed by atoms with Crippen molar-refractivity contribution < 1.29 is 5.11 Å². The molecule has 2 unspecified atom stereocenters. The van der Waals surface area contributed by atoms with Gasteiger partial charge in [-0.15, -0.1) is 6.58 Å². The average Bonchev–Trinajstić information content (AvgIpc) is 2.24. The van der Waals surface area contributed by atoms with Crippen molar-refractivity contribution in [3.63, 3.8) is 0 Å². The normalized spacial score (nSPS) is 15.4. The van der Waals surface area contributed by atoms with Crippen LogP contribution in [0.3, 0.4) is 0 Å². The molecule has 0 heterocycles. The number of nitrogens with one attached hydrogen (secondary N) is 1. The van der Waals surface area contributed by atoms with Gasteiger partial charge in [0.15, 0.2) is 0 Å². The van der Waals surface area contributed by atoms with Gasteiger partial charge in [0.1, 0.15) is 0 Å². The lowest BCUT2D eigenvalue weighted by molar-refractivity contribution is 0.138. The number of hydrogen-bond donors (Lipinski definition) is 2. The highest BCUT2D eigenvalue weighted by Crippen LogP contribution is 2.10. The van der Waals surface area contributed by atoms with E-state index in [1.165, 1.54) is 0 Å². The number of aliphatic hydroxyl groups is 1. The molecule has 3 heteroatoms. The monoisotopic (exact) mass is 228 g/mol. The van der Waals surface area contributed by atoms with Gasteiger partial charge in [-0.3, -0.25) is 4.90 Å². The van der Waals surface area contributed by atoms with Gasteiger partial charge in [-0.25, -0.2) is 0 Å². The Morgan fingerprint density at radius 1 is 1.31 bits per heavy atom. The lowest BCUT2D eigenvalue weighted by Crippen LogP contribution is -2.43. The van der Waals surface area contributed by atoms with Gasteiger partial charge in [0.25, 0.3) is 0 Å². The predicted molar refractivity (Wildman–Crippen MR) is 70.6 cm³/mol. The number of nitrogens with zero attached hydrogens (tertiary/aromatic N) is 1. The Labute approximate surface area is 101 Å². The second-order valence-corrected chi connectivity index (χ2v) is 4.79. The second kappa shape index (κ2) is 8.74. The predicted octanol–water partition coefficient (Wildman–Crippen LogP) is 1.49. The van der Waals surface area contributed by atoms with E-state index in [2.05, 4.69) is 44.5 Å². The van der Waals surface area contributed by atoms with Crippen molar-refractivity contribution in [1.82, 2.24) is 10.2 Å². The molecule has 0 fully saturated rings. The zero-order valence-corrected chi connectivity index (χ0v) is 11.2. The molecule has 16 heavy (non-hydrogen) atoms. The zero-order chi connectivity index (χ0) is 12.6. The van der Waals surface area contributed by atoms with Crippen LogP contribution in [0.4, 0.5) is 0 Å². The van der Waals surface area contributed by atoms with E-state index in [0.717, 1.165) is 19.6 Å². The minimum atomic E-state index is 0.211. The molecular formula is C13H28N2O. The van der Waals surface area contributed by atoms with Crippen LogP contribution in [-0.4, -0.2) is 48.3 Å². The van der Waals surface area contributed by atoms with Crippen LogP contribution >= 0.6 is 0 Å². The van der Waals surface area contributed by atoms with Crippen molar-refractivity contribution in [3.05, 3.63) is 12.7 Å².